The maximum absolute atomic E-state index is 13.1. The van der Waals surface area contributed by atoms with Gasteiger partial charge in [0, 0.05) is 11.8 Å². The molecule has 4 aromatic rings. The number of nitrogens with one attached hydrogen (secondary N) is 2. The van der Waals surface area contributed by atoms with E-state index in [4.69, 9.17) is 9.47 Å². The summed E-state index contributed by atoms with van der Waals surface area (Å²) in [5.41, 5.74) is 3.88. The maximum atomic E-state index is 13.1. The van der Waals surface area contributed by atoms with Crippen LogP contribution in [0.4, 0.5) is 17.3 Å². The first kappa shape index (κ1) is 21.0. The molecule has 0 saturated carbocycles. The van der Waals surface area contributed by atoms with E-state index in [0.29, 0.717) is 41.4 Å². The van der Waals surface area contributed by atoms with Gasteiger partial charge in [-0.3, -0.25) is 4.72 Å². The number of sulfonamides is 1. The zero-order chi connectivity index (χ0) is 23.0. The van der Waals surface area contributed by atoms with E-state index in [0.717, 1.165) is 11.1 Å². The Bertz CT molecular complexity index is 1450. The predicted molar refractivity (Wildman–Crippen MR) is 127 cm³/mol. The van der Waals surface area contributed by atoms with E-state index in [2.05, 4.69) is 20.0 Å². The number of benzene rings is 3. The van der Waals surface area contributed by atoms with Gasteiger partial charge in [0.2, 0.25) is 0 Å². The molecule has 168 valence electrons. The molecule has 0 radical (unpaired) electrons. The molecular formula is C24H22N4O4S. The minimum absolute atomic E-state index is 0.0989. The summed E-state index contributed by atoms with van der Waals surface area (Å²) in [5.74, 6) is 1.65. The Morgan fingerprint density at radius 2 is 1.45 bits per heavy atom. The lowest BCUT2D eigenvalue weighted by molar-refractivity contribution is 0.171. The molecule has 0 spiro atoms. The van der Waals surface area contributed by atoms with Gasteiger partial charge in [-0.15, -0.1) is 0 Å². The van der Waals surface area contributed by atoms with Crippen molar-refractivity contribution in [2.75, 3.05) is 23.3 Å². The average molecular weight is 463 g/mol. The number of aromatic nitrogens is 2. The highest BCUT2D eigenvalue weighted by Gasteiger charge is 2.20. The number of anilines is 3. The van der Waals surface area contributed by atoms with Crippen LogP contribution in [0.3, 0.4) is 0 Å². The third-order valence-electron chi connectivity index (χ3n) is 5.19. The van der Waals surface area contributed by atoms with Gasteiger partial charge in [0.05, 0.1) is 15.9 Å². The van der Waals surface area contributed by atoms with Crippen LogP contribution in [0, 0.1) is 13.8 Å². The van der Waals surface area contributed by atoms with E-state index >= 15 is 0 Å². The molecule has 0 fully saturated rings. The first-order valence-corrected chi connectivity index (χ1v) is 11.9. The fraction of sp³-hybridized carbons (Fsp3) is 0.167. The molecule has 0 atom stereocenters. The van der Waals surface area contributed by atoms with Crippen molar-refractivity contribution < 1.29 is 17.9 Å². The zero-order valence-corrected chi connectivity index (χ0v) is 18.9. The molecule has 3 aromatic carbocycles. The molecule has 2 heterocycles. The number of rotatable bonds is 5. The minimum atomic E-state index is -3.87. The van der Waals surface area contributed by atoms with Crippen molar-refractivity contribution in [1.82, 2.24) is 9.97 Å². The summed E-state index contributed by atoms with van der Waals surface area (Å²) in [4.78, 5) is 9.36. The monoisotopic (exact) mass is 462 g/mol. The van der Waals surface area contributed by atoms with E-state index < -0.39 is 10.0 Å². The molecule has 0 amide bonds. The highest BCUT2D eigenvalue weighted by molar-refractivity contribution is 7.92. The standard InChI is InChI=1S/C24H22N4O4S/c1-15-3-7-18(8-4-15)33(29,30)28-24-23(27-20-13-16(2)5-9-19(20)26-24)25-17-6-10-21-22(14-17)32-12-11-31-21/h3-10,13-14H,11-12H2,1-2H3,(H,25,27)(H,26,28). The highest BCUT2D eigenvalue weighted by atomic mass is 32.2. The first-order chi connectivity index (χ1) is 15.9. The second-order valence-corrected chi connectivity index (χ2v) is 9.50. The topological polar surface area (TPSA) is 102 Å². The van der Waals surface area contributed by atoms with Crippen molar-refractivity contribution in [2.24, 2.45) is 0 Å². The summed E-state index contributed by atoms with van der Waals surface area (Å²) < 4.78 is 39.9. The van der Waals surface area contributed by atoms with Gasteiger partial charge in [0.1, 0.15) is 13.2 Å². The SMILES string of the molecule is Cc1ccc(S(=O)(=O)Nc2nc3ccc(C)cc3nc2Nc2ccc3c(c2)OCCO3)cc1. The molecule has 2 N–H and O–H groups in total. The molecule has 0 unspecified atom stereocenters. The molecule has 0 saturated heterocycles. The Morgan fingerprint density at radius 1 is 0.758 bits per heavy atom. The van der Waals surface area contributed by atoms with Gasteiger partial charge >= 0.3 is 0 Å². The quantitative estimate of drug-likeness (QED) is 0.448. The lowest BCUT2D eigenvalue weighted by Gasteiger charge is -2.19. The van der Waals surface area contributed by atoms with Gasteiger partial charge in [-0.1, -0.05) is 23.8 Å². The normalized spacial score (nSPS) is 13.0. The summed E-state index contributed by atoms with van der Waals surface area (Å²) >= 11 is 0. The van der Waals surface area contributed by atoms with Crippen molar-refractivity contribution in [1.29, 1.82) is 0 Å². The summed E-state index contributed by atoms with van der Waals surface area (Å²) in [6.07, 6.45) is 0. The third-order valence-corrected chi connectivity index (χ3v) is 6.54. The van der Waals surface area contributed by atoms with Crippen molar-refractivity contribution in [3.05, 3.63) is 71.8 Å². The number of fused-ring (bicyclic) bond motifs is 2. The first-order valence-electron chi connectivity index (χ1n) is 10.4. The predicted octanol–water partition coefficient (Wildman–Crippen LogP) is 4.56. The Labute approximate surface area is 191 Å². The number of aryl methyl sites for hydroxylation is 2. The number of ether oxygens (including phenoxy) is 2. The van der Waals surface area contributed by atoms with Crippen LogP contribution in [-0.2, 0) is 10.0 Å². The maximum Gasteiger partial charge on any atom is 0.263 e. The van der Waals surface area contributed by atoms with Crippen LogP contribution >= 0.6 is 0 Å². The smallest absolute Gasteiger partial charge is 0.263 e. The summed E-state index contributed by atoms with van der Waals surface area (Å²) in [7, 11) is -3.87. The van der Waals surface area contributed by atoms with E-state index in [1.165, 1.54) is 0 Å². The molecule has 5 rings (SSSR count). The summed E-state index contributed by atoms with van der Waals surface area (Å²) in [6.45, 7) is 4.83. The molecule has 0 bridgehead atoms. The number of hydrogen-bond donors (Lipinski definition) is 2. The highest BCUT2D eigenvalue weighted by Crippen LogP contribution is 2.35. The van der Waals surface area contributed by atoms with Gasteiger partial charge < -0.3 is 14.8 Å². The van der Waals surface area contributed by atoms with Crippen molar-refractivity contribution in [2.45, 2.75) is 18.7 Å². The van der Waals surface area contributed by atoms with Crippen LogP contribution in [0.15, 0.2) is 65.6 Å². The Hall–Kier alpha value is -3.85. The second-order valence-electron chi connectivity index (χ2n) is 7.81. The van der Waals surface area contributed by atoms with Gasteiger partial charge in [-0.05, 0) is 55.8 Å². The van der Waals surface area contributed by atoms with Crippen molar-refractivity contribution >= 4 is 38.4 Å². The molecule has 0 aliphatic carbocycles. The molecule has 9 heteroatoms. The molecular weight excluding hydrogens is 440 g/mol. The van der Waals surface area contributed by atoms with Gasteiger partial charge in [0.25, 0.3) is 10.0 Å². The minimum Gasteiger partial charge on any atom is -0.486 e. The van der Waals surface area contributed by atoms with Gasteiger partial charge in [-0.25, -0.2) is 18.4 Å². The van der Waals surface area contributed by atoms with Crippen LogP contribution < -0.4 is 19.5 Å². The lowest BCUT2D eigenvalue weighted by Crippen LogP contribution is -2.16. The van der Waals surface area contributed by atoms with Crippen LogP contribution in [0.1, 0.15) is 11.1 Å². The average Bonchev–Trinajstić information content (AvgIpc) is 2.79. The molecule has 1 aromatic heterocycles. The molecule has 1 aliphatic heterocycles. The number of nitrogens with zero attached hydrogens (tertiary/aromatic N) is 2. The third kappa shape index (κ3) is 4.40. The van der Waals surface area contributed by atoms with Crippen LogP contribution in [-0.4, -0.2) is 31.6 Å². The Morgan fingerprint density at radius 3 is 2.24 bits per heavy atom. The second kappa shape index (κ2) is 8.25. The van der Waals surface area contributed by atoms with Crippen LogP contribution in [0.5, 0.6) is 11.5 Å². The Kier molecular flexibility index (Phi) is 5.26. The van der Waals surface area contributed by atoms with Crippen molar-refractivity contribution in [3.63, 3.8) is 0 Å². The zero-order valence-electron chi connectivity index (χ0n) is 18.1. The Balaban J connectivity index is 1.56. The number of hydrogen-bond acceptors (Lipinski definition) is 7. The summed E-state index contributed by atoms with van der Waals surface area (Å²) in [5, 5.41) is 3.18. The van der Waals surface area contributed by atoms with Crippen LogP contribution in [0.25, 0.3) is 11.0 Å². The lowest BCUT2D eigenvalue weighted by atomic mass is 10.2. The van der Waals surface area contributed by atoms with Crippen molar-refractivity contribution in [3.8, 4) is 11.5 Å². The van der Waals surface area contributed by atoms with Gasteiger partial charge in [0.15, 0.2) is 23.1 Å². The molecule has 33 heavy (non-hydrogen) atoms. The summed E-state index contributed by atoms with van der Waals surface area (Å²) in [6, 6.07) is 17.6. The molecule has 8 nitrogen and oxygen atoms in total. The fourth-order valence-corrected chi connectivity index (χ4v) is 4.49. The van der Waals surface area contributed by atoms with E-state index in [1.807, 2.05) is 38.1 Å². The fourth-order valence-electron chi connectivity index (χ4n) is 3.48. The van der Waals surface area contributed by atoms with E-state index in [1.54, 1.807) is 36.4 Å². The van der Waals surface area contributed by atoms with Gasteiger partial charge in [-0.2, -0.15) is 0 Å². The van der Waals surface area contributed by atoms with E-state index in [-0.39, 0.29) is 16.5 Å². The molecule has 1 aliphatic rings. The largest absolute Gasteiger partial charge is 0.486 e. The van der Waals surface area contributed by atoms with E-state index in [9.17, 15) is 8.42 Å². The van der Waals surface area contributed by atoms with Crippen LogP contribution in [0.2, 0.25) is 0 Å².